The molecule has 0 aromatic heterocycles. The van der Waals surface area contributed by atoms with Gasteiger partial charge in [-0.1, -0.05) is 11.8 Å². The fourth-order valence-corrected chi connectivity index (χ4v) is 0.397. The second kappa shape index (κ2) is 6.77. The van der Waals surface area contributed by atoms with E-state index in [-0.39, 0.29) is 13.2 Å². The average molecular weight is 211 g/mol. The summed E-state index contributed by atoms with van der Waals surface area (Å²) in [5.41, 5.74) is -1.86. The molecule has 4 nitrogen and oxygen atoms in total. The van der Waals surface area contributed by atoms with E-state index in [1.54, 1.807) is 0 Å². The Morgan fingerprint density at radius 3 is 1.58 bits per heavy atom. The van der Waals surface area contributed by atoms with Crippen LogP contribution in [0, 0.1) is 11.8 Å². The first-order valence-electron chi connectivity index (χ1n) is 2.73. The molecule has 66 valence electrons. The first-order valence-corrected chi connectivity index (χ1v) is 3.48. The van der Waals surface area contributed by atoms with E-state index in [0.717, 1.165) is 0 Å². The number of carbonyl (C=O) groups excluding carboxylic acids is 2. The standard InChI is InChI=1S/C6H4Cl2O4/c7-5(9)11-3-1-2-4-12-6(8)10/h3-4H2. The summed E-state index contributed by atoms with van der Waals surface area (Å²) in [7, 11) is 0. The molecular formula is C6H4Cl2O4. The van der Waals surface area contributed by atoms with Crippen molar-refractivity contribution in [3.63, 3.8) is 0 Å². The van der Waals surface area contributed by atoms with Gasteiger partial charge < -0.3 is 9.47 Å². The topological polar surface area (TPSA) is 52.6 Å². The van der Waals surface area contributed by atoms with Gasteiger partial charge in [0.25, 0.3) is 0 Å². The van der Waals surface area contributed by atoms with Crippen molar-refractivity contribution >= 4 is 34.1 Å². The van der Waals surface area contributed by atoms with Gasteiger partial charge in [-0.15, -0.1) is 0 Å². The van der Waals surface area contributed by atoms with E-state index in [4.69, 9.17) is 23.2 Å². The molecule has 0 aromatic carbocycles. The Labute approximate surface area is 78.7 Å². The monoisotopic (exact) mass is 210 g/mol. The van der Waals surface area contributed by atoms with Gasteiger partial charge in [0.1, 0.15) is 0 Å². The number of hydrogen-bond donors (Lipinski definition) is 0. The molecule has 0 aromatic rings. The van der Waals surface area contributed by atoms with Crippen molar-refractivity contribution < 1.29 is 19.1 Å². The number of ether oxygens (including phenoxy) is 2. The average Bonchev–Trinajstić information content (AvgIpc) is 1.95. The summed E-state index contributed by atoms with van der Waals surface area (Å²) in [6.07, 6.45) is 0. The lowest BCUT2D eigenvalue weighted by molar-refractivity contribution is 0.185. The second-order valence-corrected chi connectivity index (χ2v) is 2.02. The molecule has 0 amide bonds. The predicted molar refractivity (Wildman–Crippen MR) is 42.2 cm³/mol. The van der Waals surface area contributed by atoms with Gasteiger partial charge in [0.15, 0.2) is 13.2 Å². The van der Waals surface area contributed by atoms with Crippen molar-refractivity contribution in [2.45, 2.75) is 0 Å². The summed E-state index contributed by atoms with van der Waals surface area (Å²) in [6, 6.07) is 0. The highest BCUT2D eigenvalue weighted by molar-refractivity contribution is 6.61. The summed E-state index contributed by atoms with van der Waals surface area (Å²) >= 11 is 9.61. The smallest absolute Gasteiger partial charge is 0.404 e. The van der Waals surface area contributed by atoms with Crippen LogP contribution in [0.3, 0.4) is 0 Å². The van der Waals surface area contributed by atoms with Crippen molar-refractivity contribution in [3.05, 3.63) is 0 Å². The van der Waals surface area contributed by atoms with E-state index in [1.807, 2.05) is 0 Å². The van der Waals surface area contributed by atoms with Gasteiger partial charge in [0.05, 0.1) is 0 Å². The first-order chi connectivity index (χ1) is 5.63. The number of carbonyl (C=O) groups is 2. The molecule has 0 fully saturated rings. The van der Waals surface area contributed by atoms with Crippen LogP contribution >= 0.6 is 23.2 Å². The summed E-state index contributed by atoms with van der Waals surface area (Å²) < 4.78 is 8.46. The fraction of sp³-hybridized carbons (Fsp3) is 0.333. The van der Waals surface area contributed by atoms with Crippen molar-refractivity contribution in [1.29, 1.82) is 0 Å². The van der Waals surface area contributed by atoms with Gasteiger partial charge in [-0.05, 0) is 0 Å². The highest BCUT2D eigenvalue weighted by atomic mass is 35.5. The van der Waals surface area contributed by atoms with Crippen molar-refractivity contribution in [2.24, 2.45) is 0 Å². The van der Waals surface area contributed by atoms with Gasteiger partial charge >= 0.3 is 10.9 Å². The van der Waals surface area contributed by atoms with Crippen LogP contribution in [0.15, 0.2) is 0 Å². The molecular weight excluding hydrogens is 207 g/mol. The first kappa shape index (κ1) is 11.1. The molecule has 12 heavy (non-hydrogen) atoms. The van der Waals surface area contributed by atoms with Gasteiger partial charge in [-0.25, -0.2) is 9.59 Å². The second-order valence-electron chi connectivity index (χ2n) is 1.41. The quantitative estimate of drug-likeness (QED) is 0.515. The zero-order chi connectivity index (χ0) is 9.40. The maximum absolute atomic E-state index is 9.95. The van der Waals surface area contributed by atoms with Gasteiger partial charge in [-0.2, -0.15) is 0 Å². The molecule has 0 N–H and O–H groups in total. The Kier molecular flexibility index (Phi) is 6.25. The van der Waals surface area contributed by atoms with E-state index in [0.29, 0.717) is 0 Å². The third kappa shape index (κ3) is 9.08. The Hall–Kier alpha value is -0.920. The molecule has 0 aliphatic heterocycles. The van der Waals surface area contributed by atoms with Crippen LogP contribution in [0.5, 0.6) is 0 Å². The largest absolute Gasteiger partial charge is 0.440 e. The minimum absolute atomic E-state index is 0.137. The third-order valence-electron chi connectivity index (χ3n) is 0.641. The number of halogens is 2. The predicted octanol–water partition coefficient (Wildman–Crippen LogP) is 1.74. The number of rotatable bonds is 2. The van der Waals surface area contributed by atoms with Gasteiger partial charge in [0.2, 0.25) is 0 Å². The summed E-state index contributed by atoms with van der Waals surface area (Å²) in [6.45, 7) is -0.273. The van der Waals surface area contributed by atoms with Crippen LogP contribution in [-0.4, -0.2) is 24.1 Å². The Morgan fingerprint density at radius 1 is 1.00 bits per heavy atom. The molecule has 0 spiro atoms. The lowest BCUT2D eigenvalue weighted by atomic mass is 10.6. The van der Waals surface area contributed by atoms with Crippen LogP contribution < -0.4 is 0 Å². The molecule has 0 saturated carbocycles. The molecule has 0 aliphatic rings. The maximum Gasteiger partial charge on any atom is 0.404 e. The van der Waals surface area contributed by atoms with E-state index in [2.05, 4.69) is 21.3 Å². The maximum atomic E-state index is 9.95. The molecule has 0 saturated heterocycles. The highest BCUT2D eigenvalue weighted by Gasteiger charge is 1.91. The molecule has 0 bridgehead atoms. The Bertz CT molecular complexity index is 205. The third-order valence-corrected chi connectivity index (χ3v) is 0.859. The van der Waals surface area contributed by atoms with E-state index < -0.39 is 10.9 Å². The van der Waals surface area contributed by atoms with Crippen LogP contribution in [0.2, 0.25) is 0 Å². The van der Waals surface area contributed by atoms with Gasteiger partial charge in [0, 0.05) is 23.2 Å². The molecule has 0 aliphatic carbocycles. The summed E-state index contributed by atoms with van der Waals surface area (Å²) in [5.74, 6) is 4.72. The lowest BCUT2D eigenvalue weighted by Gasteiger charge is -1.90. The van der Waals surface area contributed by atoms with E-state index in [9.17, 15) is 9.59 Å². The fourth-order valence-electron chi connectivity index (χ4n) is 0.288. The Morgan fingerprint density at radius 2 is 1.33 bits per heavy atom. The van der Waals surface area contributed by atoms with Gasteiger partial charge in [-0.3, -0.25) is 0 Å². The van der Waals surface area contributed by atoms with Crippen LogP contribution in [0.4, 0.5) is 9.59 Å². The Balaban J connectivity index is 3.35. The minimum atomic E-state index is -0.932. The van der Waals surface area contributed by atoms with E-state index in [1.165, 1.54) is 0 Å². The summed E-state index contributed by atoms with van der Waals surface area (Å²) in [4.78, 5) is 19.9. The normalized spacial score (nSPS) is 7.83. The molecule has 6 heteroatoms. The molecule has 0 unspecified atom stereocenters. The number of hydrogen-bond acceptors (Lipinski definition) is 4. The van der Waals surface area contributed by atoms with Crippen molar-refractivity contribution in [2.75, 3.05) is 13.2 Å². The van der Waals surface area contributed by atoms with Crippen LogP contribution in [0.1, 0.15) is 0 Å². The van der Waals surface area contributed by atoms with E-state index >= 15 is 0 Å². The molecule has 0 radical (unpaired) electrons. The SMILES string of the molecule is O=C(Cl)OCC#CCOC(=O)Cl. The zero-order valence-electron chi connectivity index (χ0n) is 5.80. The molecule has 0 heterocycles. The van der Waals surface area contributed by atoms with Crippen LogP contribution in [-0.2, 0) is 9.47 Å². The molecule has 0 rings (SSSR count). The lowest BCUT2D eigenvalue weighted by Crippen LogP contribution is -1.95. The van der Waals surface area contributed by atoms with Crippen molar-refractivity contribution in [3.8, 4) is 11.8 Å². The van der Waals surface area contributed by atoms with Crippen molar-refractivity contribution in [1.82, 2.24) is 0 Å². The minimum Gasteiger partial charge on any atom is -0.440 e. The molecule has 0 atom stereocenters. The van der Waals surface area contributed by atoms with Crippen LogP contribution in [0.25, 0.3) is 0 Å². The highest BCUT2D eigenvalue weighted by Crippen LogP contribution is 1.85. The summed E-state index contributed by atoms with van der Waals surface area (Å²) in [5, 5.41) is 0. The zero-order valence-corrected chi connectivity index (χ0v) is 7.31.